The van der Waals surface area contributed by atoms with Crippen LogP contribution in [0.5, 0.6) is 5.75 Å². The number of nitrogens with one attached hydrogen (secondary N) is 1. The summed E-state index contributed by atoms with van der Waals surface area (Å²) in [6, 6.07) is 27.6. The Kier molecular flexibility index (Phi) is 7.50. The van der Waals surface area contributed by atoms with E-state index >= 15 is 0 Å². The molecule has 7 heteroatoms. The first kappa shape index (κ1) is 22.7. The van der Waals surface area contributed by atoms with Crippen molar-refractivity contribution in [2.24, 2.45) is 10.7 Å². The molecule has 4 rings (SSSR count). The van der Waals surface area contributed by atoms with Crippen molar-refractivity contribution in [3.05, 3.63) is 102 Å². The monoisotopic (exact) mass is 474 g/mol. The molecular weight excluding hydrogens is 452 g/mol. The maximum Gasteiger partial charge on any atom is 0.199 e. The van der Waals surface area contributed by atoms with Crippen LogP contribution >= 0.6 is 23.5 Å². The number of hydrogen-bond donors (Lipinski definition) is 2. The van der Waals surface area contributed by atoms with Crippen molar-refractivity contribution >= 4 is 29.5 Å². The second-order valence-electron chi connectivity index (χ2n) is 7.19. The number of methoxy groups -OCH3 is 1. The molecule has 0 bridgehead atoms. The molecule has 0 fully saturated rings. The minimum Gasteiger partial charge on any atom is -0.497 e. The molecule has 0 aliphatic heterocycles. The van der Waals surface area contributed by atoms with E-state index in [1.54, 1.807) is 7.11 Å². The third kappa shape index (κ3) is 6.06. The number of ether oxygens (including phenoxy) is 1. The number of nitrogens with two attached hydrogens (primary N) is 1. The van der Waals surface area contributed by atoms with E-state index in [0.717, 1.165) is 38.6 Å². The topological polar surface area (TPSA) is 72.5 Å². The van der Waals surface area contributed by atoms with E-state index in [-0.39, 0.29) is 0 Å². The summed E-state index contributed by atoms with van der Waals surface area (Å²) < 4.78 is 8.37. The fourth-order valence-electron chi connectivity index (χ4n) is 3.23. The van der Waals surface area contributed by atoms with E-state index in [1.807, 2.05) is 85.1 Å². The molecule has 0 atom stereocenters. The van der Waals surface area contributed by atoms with Crippen molar-refractivity contribution in [1.29, 1.82) is 0 Å². The first-order chi connectivity index (χ1) is 16.1. The van der Waals surface area contributed by atoms with Crippen LogP contribution in [0, 0.1) is 0 Å². The summed E-state index contributed by atoms with van der Waals surface area (Å²) in [4.78, 5) is 10.3. The van der Waals surface area contributed by atoms with Gasteiger partial charge in [-0.05, 0) is 65.5 Å². The number of rotatable bonds is 7. The molecule has 0 spiro atoms. The second-order valence-corrected chi connectivity index (χ2v) is 8.51. The SMILES string of the molecule is COc1ccc(-c2cc(CN=C(N)NSc3ccccc3)cnc2-c2ccc(Cl)cc2)cc1. The van der Waals surface area contributed by atoms with Gasteiger partial charge in [-0.15, -0.1) is 0 Å². The van der Waals surface area contributed by atoms with Crippen molar-refractivity contribution < 1.29 is 4.74 Å². The van der Waals surface area contributed by atoms with Gasteiger partial charge in [0.05, 0.1) is 19.3 Å². The molecule has 4 aromatic rings. The molecule has 0 aliphatic rings. The maximum absolute atomic E-state index is 6.08. The van der Waals surface area contributed by atoms with Crippen molar-refractivity contribution in [2.45, 2.75) is 11.4 Å². The fourth-order valence-corrected chi connectivity index (χ4v) is 3.94. The lowest BCUT2D eigenvalue weighted by atomic mass is 9.98. The molecule has 166 valence electrons. The highest BCUT2D eigenvalue weighted by molar-refractivity contribution is 7.98. The third-order valence-electron chi connectivity index (χ3n) is 4.91. The molecule has 33 heavy (non-hydrogen) atoms. The van der Waals surface area contributed by atoms with E-state index < -0.39 is 0 Å². The summed E-state index contributed by atoms with van der Waals surface area (Å²) in [7, 11) is 1.66. The number of nitrogens with zero attached hydrogens (tertiary/aromatic N) is 2. The molecule has 0 aliphatic carbocycles. The zero-order valence-electron chi connectivity index (χ0n) is 18.0. The first-order valence-electron chi connectivity index (χ1n) is 10.3. The lowest BCUT2D eigenvalue weighted by molar-refractivity contribution is 0.415. The molecule has 0 saturated carbocycles. The van der Waals surface area contributed by atoms with Gasteiger partial charge in [0.15, 0.2) is 5.96 Å². The Balaban J connectivity index is 1.59. The Labute approximate surface area is 202 Å². The van der Waals surface area contributed by atoms with Gasteiger partial charge in [-0.1, -0.05) is 54.1 Å². The molecule has 3 N–H and O–H groups in total. The molecule has 0 radical (unpaired) electrons. The van der Waals surface area contributed by atoms with E-state index in [9.17, 15) is 0 Å². The highest BCUT2D eigenvalue weighted by Gasteiger charge is 2.11. The van der Waals surface area contributed by atoms with Crippen LogP contribution in [0.3, 0.4) is 0 Å². The predicted molar refractivity (Wildman–Crippen MR) is 137 cm³/mol. The number of aromatic nitrogens is 1. The highest BCUT2D eigenvalue weighted by atomic mass is 35.5. The van der Waals surface area contributed by atoms with Gasteiger partial charge < -0.3 is 10.5 Å². The van der Waals surface area contributed by atoms with Crippen LogP contribution in [0.4, 0.5) is 0 Å². The van der Waals surface area contributed by atoms with Crippen LogP contribution in [0.15, 0.2) is 101 Å². The van der Waals surface area contributed by atoms with E-state index in [4.69, 9.17) is 27.1 Å². The summed E-state index contributed by atoms with van der Waals surface area (Å²) in [5, 5.41) is 0.687. The van der Waals surface area contributed by atoms with Gasteiger partial charge in [0.2, 0.25) is 0 Å². The van der Waals surface area contributed by atoms with Crippen molar-refractivity contribution in [3.8, 4) is 28.1 Å². The minimum atomic E-state index is 0.358. The normalized spacial score (nSPS) is 11.3. The number of pyridine rings is 1. The molecule has 3 aromatic carbocycles. The molecular formula is C26H23ClN4OS. The van der Waals surface area contributed by atoms with Crippen LogP contribution in [0.25, 0.3) is 22.4 Å². The number of halogens is 1. The van der Waals surface area contributed by atoms with Gasteiger partial charge in [-0.25, -0.2) is 4.99 Å². The zero-order valence-corrected chi connectivity index (χ0v) is 19.6. The van der Waals surface area contributed by atoms with Crippen LogP contribution in [-0.2, 0) is 6.54 Å². The molecule has 5 nitrogen and oxygen atoms in total. The molecule has 0 amide bonds. The van der Waals surface area contributed by atoms with Crippen LogP contribution in [-0.4, -0.2) is 18.1 Å². The average Bonchev–Trinajstić information content (AvgIpc) is 2.87. The number of guanidine groups is 1. The van der Waals surface area contributed by atoms with Gasteiger partial charge >= 0.3 is 0 Å². The summed E-state index contributed by atoms with van der Waals surface area (Å²) in [6.45, 7) is 0.408. The van der Waals surface area contributed by atoms with Crippen molar-refractivity contribution in [2.75, 3.05) is 7.11 Å². The summed E-state index contributed by atoms with van der Waals surface area (Å²) in [5.41, 5.74) is 10.9. The van der Waals surface area contributed by atoms with Crippen LogP contribution < -0.4 is 15.2 Å². The average molecular weight is 475 g/mol. The number of benzene rings is 3. The molecule has 1 heterocycles. The number of aliphatic imine (C=N–C) groups is 1. The van der Waals surface area contributed by atoms with Gasteiger partial charge in [-0.2, -0.15) is 0 Å². The zero-order chi connectivity index (χ0) is 23.0. The van der Waals surface area contributed by atoms with Crippen molar-refractivity contribution in [1.82, 2.24) is 9.71 Å². The first-order valence-corrected chi connectivity index (χ1v) is 11.5. The van der Waals surface area contributed by atoms with Gasteiger partial charge in [0.25, 0.3) is 0 Å². The van der Waals surface area contributed by atoms with E-state index in [0.29, 0.717) is 17.5 Å². The Morgan fingerprint density at radius 3 is 2.39 bits per heavy atom. The summed E-state index contributed by atoms with van der Waals surface area (Å²) in [6.07, 6.45) is 1.83. The molecule has 0 saturated heterocycles. The largest absolute Gasteiger partial charge is 0.497 e. The standard InChI is InChI=1S/C26H23ClN4OS/c1-32-22-13-9-19(10-14-22)24-15-18(16-29-25(24)20-7-11-21(27)12-8-20)17-30-26(28)31-33-23-5-3-2-4-6-23/h2-16H,17H2,1H3,(H3,28,30,31). The second kappa shape index (κ2) is 10.9. The van der Waals surface area contributed by atoms with Gasteiger partial charge in [0.1, 0.15) is 5.75 Å². The molecule has 1 aromatic heterocycles. The van der Waals surface area contributed by atoms with E-state index in [1.165, 1.54) is 11.9 Å². The lowest BCUT2D eigenvalue weighted by Crippen LogP contribution is -2.25. The number of hydrogen-bond acceptors (Lipinski definition) is 4. The molecule has 0 unspecified atom stereocenters. The highest BCUT2D eigenvalue weighted by Crippen LogP contribution is 2.33. The maximum atomic E-state index is 6.08. The lowest BCUT2D eigenvalue weighted by Gasteiger charge is -2.12. The van der Waals surface area contributed by atoms with Gasteiger partial charge in [-0.3, -0.25) is 9.71 Å². The van der Waals surface area contributed by atoms with Gasteiger partial charge in [0, 0.05) is 27.2 Å². The van der Waals surface area contributed by atoms with Crippen LogP contribution in [0.1, 0.15) is 5.56 Å². The Hall–Kier alpha value is -3.48. The Morgan fingerprint density at radius 2 is 1.70 bits per heavy atom. The quantitative estimate of drug-likeness (QED) is 0.190. The van der Waals surface area contributed by atoms with Crippen molar-refractivity contribution in [3.63, 3.8) is 0 Å². The van der Waals surface area contributed by atoms with E-state index in [2.05, 4.69) is 15.8 Å². The summed E-state index contributed by atoms with van der Waals surface area (Å²) in [5.74, 6) is 1.16. The predicted octanol–water partition coefficient (Wildman–Crippen LogP) is 6.19. The third-order valence-corrected chi connectivity index (χ3v) is 5.98. The fraction of sp³-hybridized carbons (Fsp3) is 0.0769. The summed E-state index contributed by atoms with van der Waals surface area (Å²) >= 11 is 7.51. The Bertz CT molecular complexity index is 1230. The Morgan fingerprint density at radius 1 is 1.00 bits per heavy atom. The smallest absolute Gasteiger partial charge is 0.199 e. The van der Waals surface area contributed by atoms with Crippen LogP contribution in [0.2, 0.25) is 5.02 Å². The minimum absolute atomic E-state index is 0.358.